The van der Waals surface area contributed by atoms with E-state index < -0.39 is 23.2 Å². The zero-order valence-corrected chi connectivity index (χ0v) is 22.4. The van der Waals surface area contributed by atoms with Crippen LogP contribution in [-0.2, 0) is 13.0 Å². The molecule has 0 saturated carbocycles. The summed E-state index contributed by atoms with van der Waals surface area (Å²) in [5.74, 6) is -1.81. The minimum atomic E-state index is -1.10. The number of anilines is 1. The van der Waals surface area contributed by atoms with Gasteiger partial charge < -0.3 is 10.2 Å². The molecule has 1 aliphatic rings. The third kappa shape index (κ3) is 5.09. The average molecular weight is 551 g/mol. The average Bonchev–Trinajstić information content (AvgIpc) is 3.39. The highest BCUT2D eigenvalue weighted by Crippen LogP contribution is 2.34. The smallest absolute Gasteiger partial charge is 0.311 e. The Balaban J connectivity index is 1.41. The van der Waals surface area contributed by atoms with E-state index in [4.69, 9.17) is 0 Å². The van der Waals surface area contributed by atoms with E-state index in [0.717, 1.165) is 28.8 Å². The second-order valence-electron chi connectivity index (χ2n) is 10.3. The van der Waals surface area contributed by atoms with Crippen molar-refractivity contribution >= 4 is 22.6 Å². The Labute approximate surface area is 235 Å². The van der Waals surface area contributed by atoms with Gasteiger partial charge in [0.05, 0.1) is 22.6 Å². The van der Waals surface area contributed by atoms with Gasteiger partial charge in [0.2, 0.25) is 0 Å². The van der Waals surface area contributed by atoms with Crippen LogP contribution in [0.2, 0.25) is 0 Å². The van der Waals surface area contributed by atoms with Gasteiger partial charge in [0, 0.05) is 24.2 Å². The van der Waals surface area contributed by atoms with E-state index in [1.165, 1.54) is 4.57 Å². The monoisotopic (exact) mass is 550 g/mol. The Kier molecular flexibility index (Phi) is 7.05. The van der Waals surface area contributed by atoms with Crippen molar-refractivity contribution in [3.8, 4) is 11.1 Å². The summed E-state index contributed by atoms with van der Waals surface area (Å²) in [6, 6.07) is 27.9. The molecule has 2 amide bonds. The van der Waals surface area contributed by atoms with Crippen molar-refractivity contribution in [2.24, 2.45) is 0 Å². The number of nitrogens with zero attached hydrogens (tertiary/aromatic N) is 3. The molecule has 6 rings (SSSR count). The Hall–Kier alpha value is -4.85. The van der Waals surface area contributed by atoms with Gasteiger partial charge in [-0.2, -0.15) is 0 Å². The number of fused-ring (bicyclic) bond motifs is 2. The number of carbonyl (C=O) groups excluding carboxylic acids is 1. The number of carbonyl (C=O) groups is 1. The first-order chi connectivity index (χ1) is 19.9. The fourth-order valence-electron chi connectivity index (χ4n) is 5.69. The summed E-state index contributed by atoms with van der Waals surface area (Å²) in [4.78, 5) is 33.8. The largest absolute Gasteiger partial charge is 0.322 e. The molecule has 6 nitrogen and oxygen atoms in total. The summed E-state index contributed by atoms with van der Waals surface area (Å²) >= 11 is 0. The highest BCUT2D eigenvalue weighted by atomic mass is 19.2. The highest BCUT2D eigenvalue weighted by Gasteiger charge is 2.37. The minimum Gasteiger partial charge on any atom is -0.311 e. The third-order valence-electron chi connectivity index (χ3n) is 7.62. The Morgan fingerprint density at radius 2 is 1.63 bits per heavy atom. The third-order valence-corrected chi connectivity index (χ3v) is 7.62. The fraction of sp³-hybridized carbons (Fsp3) is 0.182. The van der Waals surface area contributed by atoms with Gasteiger partial charge in [-0.1, -0.05) is 78.9 Å². The zero-order chi connectivity index (χ0) is 28.5. The van der Waals surface area contributed by atoms with E-state index in [-0.39, 0.29) is 23.0 Å². The molecule has 0 bridgehead atoms. The van der Waals surface area contributed by atoms with Crippen molar-refractivity contribution in [1.29, 1.82) is 0 Å². The molecule has 0 aliphatic carbocycles. The molecule has 1 N–H and O–H groups in total. The first-order valence-electron chi connectivity index (χ1n) is 13.6. The first kappa shape index (κ1) is 26.4. The van der Waals surface area contributed by atoms with Crippen molar-refractivity contribution < 1.29 is 13.6 Å². The highest BCUT2D eigenvalue weighted by molar-refractivity contribution is 5.95. The van der Waals surface area contributed by atoms with Gasteiger partial charge in [0.15, 0.2) is 11.6 Å². The van der Waals surface area contributed by atoms with Gasteiger partial charge in [-0.05, 0) is 43.0 Å². The number of para-hydroxylation sites is 1. The molecule has 0 saturated heterocycles. The number of amides is 2. The number of aromatic nitrogens is 2. The Morgan fingerprint density at radius 1 is 0.976 bits per heavy atom. The summed E-state index contributed by atoms with van der Waals surface area (Å²) in [6.45, 7) is 2.27. The maximum Gasteiger partial charge on any atom is 0.322 e. The van der Waals surface area contributed by atoms with Crippen molar-refractivity contribution in [2.75, 3.05) is 5.32 Å². The number of nitrogens with one attached hydrogen (secondary N) is 1. The van der Waals surface area contributed by atoms with Crippen LogP contribution in [0.25, 0.3) is 22.0 Å². The molecule has 4 aromatic carbocycles. The van der Waals surface area contributed by atoms with E-state index in [9.17, 15) is 18.4 Å². The summed E-state index contributed by atoms with van der Waals surface area (Å²) in [6.07, 6.45) is 1.01. The number of benzene rings is 4. The summed E-state index contributed by atoms with van der Waals surface area (Å²) in [5, 5.41) is 3.13. The van der Waals surface area contributed by atoms with Gasteiger partial charge in [-0.25, -0.2) is 18.6 Å². The molecular formula is C33H28F2N4O2. The van der Waals surface area contributed by atoms with Gasteiger partial charge in [0.1, 0.15) is 5.82 Å². The quantitative estimate of drug-likeness (QED) is 0.249. The molecule has 5 aromatic rings. The first-order valence-corrected chi connectivity index (χ1v) is 13.6. The molecule has 2 unspecified atom stereocenters. The number of rotatable bonds is 6. The van der Waals surface area contributed by atoms with Crippen LogP contribution in [0.4, 0.5) is 19.3 Å². The molecule has 41 heavy (non-hydrogen) atoms. The van der Waals surface area contributed by atoms with Crippen LogP contribution in [0.5, 0.6) is 0 Å². The van der Waals surface area contributed by atoms with Crippen LogP contribution in [0.3, 0.4) is 0 Å². The van der Waals surface area contributed by atoms with Crippen LogP contribution >= 0.6 is 0 Å². The number of halogens is 2. The van der Waals surface area contributed by atoms with E-state index in [1.54, 1.807) is 4.90 Å². The maximum atomic E-state index is 14.2. The number of hydrogen-bond donors (Lipinski definition) is 1. The normalized spacial score (nSPS) is 15.0. The molecular weight excluding hydrogens is 522 g/mol. The Morgan fingerprint density at radius 3 is 2.39 bits per heavy atom. The van der Waals surface area contributed by atoms with Crippen molar-refractivity contribution in [2.45, 2.75) is 38.4 Å². The lowest BCUT2D eigenvalue weighted by molar-refractivity contribution is 0.159. The SMILES string of the molecule is CC(Cc1ccccc1)N(C(=O)Nc1ccccc1-c1ccccc1)C1CCn2c1nc1cc(F)c(F)cc1c2=O. The van der Waals surface area contributed by atoms with Crippen LogP contribution in [0.15, 0.2) is 102 Å². The van der Waals surface area contributed by atoms with Gasteiger partial charge in [-0.15, -0.1) is 0 Å². The Bertz CT molecular complexity index is 1790. The lowest BCUT2D eigenvalue weighted by Crippen LogP contribution is -2.45. The van der Waals surface area contributed by atoms with Crippen molar-refractivity contribution in [1.82, 2.24) is 14.5 Å². The molecule has 1 aromatic heterocycles. The lowest BCUT2D eigenvalue weighted by atomic mass is 10.0. The molecule has 0 spiro atoms. The van der Waals surface area contributed by atoms with Crippen LogP contribution in [-0.4, -0.2) is 26.5 Å². The van der Waals surface area contributed by atoms with E-state index in [1.807, 2.05) is 91.9 Å². The predicted octanol–water partition coefficient (Wildman–Crippen LogP) is 6.95. The predicted molar refractivity (Wildman–Crippen MR) is 156 cm³/mol. The van der Waals surface area contributed by atoms with E-state index in [0.29, 0.717) is 30.9 Å². The summed E-state index contributed by atoms with van der Waals surface area (Å²) < 4.78 is 29.5. The molecule has 206 valence electrons. The number of hydrogen-bond acceptors (Lipinski definition) is 3. The second kappa shape index (κ2) is 11.0. The number of urea groups is 1. The molecule has 8 heteroatoms. The standard InChI is InChI=1S/C33H28F2N4O2/c1-21(18-22-10-4-2-5-11-22)39(33(41)37-28-15-9-8-14-24(28)23-12-6-3-7-13-23)30-16-17-38-31(30)36-29-20-27(35)26(34)19-25(29)32(38)40/h2-15,19-21,30H,16-18H2,1H3,(H,37,41). The van der Waals surface area contributed by atoms with E-state index in [2.05, 4.69) is 10.3 Å². The fourth-order valence-corrected chi connectivity index (χ4v) is 5.69. The van der Waals surface area contributed by atoms with E-state index >= 15 is 0 Å². The second-order valence-corrected chi connectivity index (χ2v) is 10.3. The summed E-state index contributed by atoms with van der Waals surface area (Å²) in [5.41, 5.74) is 3.17. The topological polar surface area (TPSA) is 67.2 Å². The molecule has 0 fully saturated rings. The molecule has 0 radical (unpaired) electrons. The zero-order valence-electron chi connectivity index (χ0n) is 22.4. The van der Waals surface area contributed by atoms with Crippen molar-refractivity contribution in [3.63, 3.8) is 0 Å². The lowest BCUT2D eigenvalue weighted by Gasteiger charge is -2.34. The van der Waals surface area contributed by atoms with Crippen LogP contribution < -0.4 is 10.9 Å². The van der Waals surface area contributed by atoms with Crippen LogP contribution in [0.1, 0.15) is 30.8 Å². The van der Waals surface area contributed by atoms with Gasteiger partial charge in [-0.3, -0.25) is 9.36 Å². The molecule has 2 atom stereocenters. The van der Waals surface area contributed by atoms with Crippen LogP contribution in [0, 0.1) is 11.6 Å². The molecule has 2 heterocycles. The van der Waals surface area contributed by atoms with Crippen molar-refractivity contribution in [3.05, 3.63) is 130 Å². The summed E-state index contributed by atoms with van der Waals surface area (Å²) in [7, 11) is 0. The van der Waals surface area contributed by atoms with Gasteiger partial charge in [0.25, 0.3) is 5.56 Å². The van der Waals surface area contributed by atoms with Gasteiger partial charge >= 0.3 is 6.03 Å². The minimum absolute atomic E-state index is 0.0124. The maximum absolute atomic E-state index is 14.2. The molecule has 1 aliphatic heterocycles.